The highest BCUT2D eigenvalue weighted by atomic mass is 16.2. The van der Waals surface area contributed by atoms with E-state index in [1.807, 2.05) is 65.0 Å². The van der Waals surface area contributed by atoms with Crippen molar-refractivity contribution in [2.45, 2.75) is 26.4 Å². The van der Waals surface area contributed by atoms with Crippen molar-refractivity contribution in [3.63, 3.8) is 0 Å². The van der Waals surface area contributed by atoms with Crippen molar-refractivity contribution in [1.82, 2.24) is 19.7 Å². The summed E-state index contributed by atoms with van der Waals surface area (Å²) in [5.74, 6) is 1.93. The van der Waals surface area contributed by atoms with E-state index in [4.69, 9.17) is 0 Å². The van der Waals surface area contributed by atoms with Crippen molar-refractivity contribution in [3.8, 4) is 0 Å². The Labute approximate surface area is 187 Å². The number of aryl methyl sites for hydroxylation is 2. The van der Waals surface area contributed by atoms with Crippen LogP contribution in [0.15, 0.2) is 54.7 Å². The molecular formula is C24H26N6O2. The molecule has 32 heavy (non-hydrogen) atoms. The largest absolute Gasteiger partial charge is 0.353 e. The highest BCUT2D eigenvalue weighted by molar-refractivity contribution is 5.95. The van der Waals surface area contributed by atoms with Crippen LogP contribution in [0.3, 0.4) is 0 Å². The van der Waals surface area contributed by atoms with Crippen molar-refractivity contribution >= 4 is 23.5 Å². The molecule has 8 nitrogen and oxygen atoms in total. The molecule has 2 aromatic heterocycles. The molecule has 0 aliphatic carbocycles. The summed E-state index contributed by atoms with van der Waals surface area (Å²) >= 11 is 0. The number of benzene rings is 1. The van der Waals surface area contributed by atoms with Crippen LogP contribution in [0, 0.1) is 6.92 Å². The monoisotopic (exact) mass is 430 g/mol. The van der Waals surface area contributed by atoms with E-state index in [0.717, 1.165) is 36.0 Å². The highest BCUT2D eigenvalue weighted by Gasteiger charge is 2.26. The molecule has 0 saturated carbocycles. The maximum absolute atomic E-state index is 13.0. The van der Waals surface area contributed by atoms with Gasteiger partial charge in [-0.2, -0.15) is 5.10 Å². The minimum absolute atomic E-state index is 0.0416. The number of amides is 2. The SMILES string of the molecule is Cc1cc2n(n1)CCC(=O)N2Cc1ccc(C(=O)N2CCN(c3ccccn3)CC2)cc1. The first-order valence-corrected chi connectivity index (χ1v) is 11.0. The second-order valence-corrected chi connectivity index (χ2v) is 8.26. The quantitative estimate of drug-likeness (QED) is 0.636. The van der Waals surface area contributed by atoms with E-state index >= 15 is 0 Å². The zero-order valence-corrected chi connectivity index (χ0v) is 18.1. The standard InChI is InChI=1S/C24H26N6O2/c1-18-16-22-29(23(31)9-11-30(22)26-18)17-19-5-7-20(8-6-19)24(32)28-14-12-27(13-15-28)21-4-2-3-10-25-21/h2-8,10,16H,9,11-15,17H2,1H3. The minimum atomic E-state index is 0.0416. The van der Waals surface area contributed by atoms with Crippen LogP contribution in [0.1, 0.15) is 28.0 Å². The van der Waals surface area contributed by atoms with E-state index in [1.54, 1.807) is 11.1 Å². The first-order valence-electron chi connectivity index (χ1n) is 11.0. The molecule has 3 aromatic rings. The molecule has 0 N–H and O–H groups in total. The number of carbonyl (C=O) groups excluding carboxylic acids is 2. The number of piperazine rings is 1. The van der Waals surface area contributed by atoms with Crippen LogP contribution in [0.5, 0.6) is 0 Å². The Morgan fingerprint density at radius 3 is 2.50 bits per heavy atom. The van der Waals surface area contributed by atoms with Gasteiger partial charge in [0, 0.05) is 50.4 Å². The molecular weight excluding hydrogens is 404 g/mol. The second kappa shape index (κ2) is 8.45. The molecule has 0 spiro atoms. The number of carbonyl (C=O) groups is 2. The maximum atomic E-state index is 13.0. The normalized spacial score (nSPS) is 16.3. The summed E-state index contributed by atoms with van der Waals surface area (Å²) in [6.07, 6.45) is 2.25. The Balaban J connectivity index is 1.22. The Kier molecular flexibility index (Phi) is 5.34. The topological polar surface area (TPSA) is 74.6 Å². The molecule has 0 atom stereocenters. The van der Waals surface area contributed by atoms with Gasteiger partial charge in [0.2, 0.25) is 5.91 Å². The second-order valence-electron chi connectivity index (χ2n) is 8.26. The molecule has 2 aliphatic rings. The van der Waals surface area contributed by atoms with Gasteiger partial charge >= 0.3 is 0 Å². The molecule has 2 amide bonds. The van der Waals surface area contributed by atoms with Crippen LogP contribution in [0.25, 0.3) is 0 Å². The highest BCUT2D eigenvalue weighted by Crippen LogP contribution is 2.25. The van der Waals surface area contributed by atoms with Gasteiger partial charge in [-0.15, -0.1) is 0 Å². The molecule has 5 rings (SSSR count). The van der Waals surface area contributed by atoms with Gasteiger partial charge in [0.15, 0.2) is 0 Å². The number of hydrogen-bond donors (Lipinski definition) is 0. The summed E-state index contributed by atoms with van der Waals surface area (Å²) in [6, 6.07) is 15.4. The van der Waals surface area contributed by atoms with Crippen LogP contribution in [-0.2, 0) is 17.9 Å². The predicted molar refractivity (Wildman–Crippen MR) is 122 cm³/mol. The van der Waals surface area contributed by atoms with Gasteiger partial charge in [-0.3, -0.25) is 14.5 Å². The minimum Gasteiger partial charge on any atom is -0.353 e. The number of pyridine rings is 1. The number of nitrogens with zero attached hydrogens (tertiary/aromatic N) is 6. The molecule has 0 radical (unpaired) electrons. The zero-order chi connectivity index (χ0) is 22.1. The lowest BCUT2D eigenvalue weighted by atomic mass is 10.1. The molecule has 8 heteroatoms. The molecule has 1 aromatic carbocycles. The van der Waals surface area contributed by atoms with Crippen molar-refractivity contribution < 1.29 is 9.59 Å². The average molecular weight is 431 g/mol. The molecule has 4 heterocycles. The van der Waals surface area contributed by atoms with E-state index < -0.39 is 0 Å². The van der Waals surface area contributed by atoms with Gasteiger partial charge in [0.1, 0.15) is 11.6 Å². The maximum Gasteiger partial charge on any atom is 0.253 e. The van der Waals surface area contributed by atoms with Gasteiger partial charge in [-0.25, -0.2) is 9.67 Å². The lowest BCUT2D eigenvalue weighted by Gasteiger charge is -2.35. The first-order chi connectivity index (χ1) is 15.6. The lowest BCUT2D eigenvalue weighted by molar-refractivity contribution is -0.119. The van der Waals surface area contributed by atoms with Crippen molar-refractivity contribution in [3.05, 3.63) is 71.5 Å². The Bertz CT molecular complexity index is 1120. The molecule has 2 aliphatic heterocycles. The Hall–Kier alpha value is -3.68. The third-order valence-electron chi connectivity index (χ3n) is 6.08. The summed E-state index contributed by atoms with van der Waals surface area (Å²) in [5.41, 5.74) is 2.57. The molecule has 164 valence electrons. The fourth-order valence-corrected chi connectivity index (χ4v) is 4.34. The van der Waals surface area contributed by atoms with E-state index in [2.05, 4.69) is 15.0 Å². The number of rotatable bonds is 4. The van der Waals surface area contributed by atoms with E-state index in [-0.39, 0.29) is 11.8 Å². The number of anilines is 2. The van der Waals surface area contributed by atoms with Gasteiger partial charge in [-0.1, -0.05) is 18.2 Å². The fraction of sp³-hybridized carbons (Fsp3) is 0.333. The van der Waals surface area contributed by atoms with Crippen molar-refractivity contribution in [1.29, 1.82) is 0 Å². The van der Waals surface area contributed by atoms with Crippen LogP contribution in [0.4, 0.5) is 11.6 Å². The number of fused-ring (bicyclic) bond motifs is 1. The van der Waals surface area contributed by atoms with Crippen LogP contribution in [-0.4, -0.2) is 57.7 Å². The predicted octanol–water partition coefficient (Wildman–Crippen LogP) is 2.49. The lowest BCUT2D eigenvalue weighted by Crippen LogP contribution is -2.49. The summed E-state index contributed by atoms with van der Waals surface area (Å²) in [5, 5.41) is 4.46. The Morgan fingerprint density at radius 2 is 1.78 bits per heavy atom. The van der Waals surface area contributed by atoms with Gasteiger partial charge in [0.25, 0.3) is 5.91 Å². The summed E-state index contributed by atoms with van der Waals surface area (Å²) in [7, 11) is 0. The molecule has 0 bridgehead atoms. The van der Waals surface area contributed by atoms with Crippen LogP contribution in [0.2, 0.25) is 0 Å². The van der Waals surface area contributed by atoms with Crippen molar-refractivity contribution in [2.75, 3.05) is 36.0 Å². The number of hydrogen-bond acceptors (Lipinski definition) is 5. The van der Waals surface area contributed by atoms with Crippen molar-refractivity contribution in [2.24, 2.45) is 0 Å². The third-order valence-corrected chi connectivity index (χ3v) is 6.08. The zero-order valence-electron chi connectivity index (χ0n) is 18.1. The molecule has 1 fully saturated rings. The van der Waals surface area contributed by atoms with E-state index in [1.165, 1.54) is 0 Å². The fourth-order valence-electron chi connectivity index (χ4n) is 4.34. The van der Waals surface area contributed by atoms with Crippen LogP contribution < -0.4 is 9.80 Å². The Morgan fingerprint density at radius 1 is 1.00 bits per heavy atom. The summed E-state index contributed by atoms with van der Waals surface area (Å²) in [6.45, 7) is 5.91. The van der Waals surface area contributed by atoms with Gasteiger partial charge in [0.05, 0.1) is 18.8 Å². The van der Waals surface area contributed by atoms with E-state index in [9.17, 15) is 9.59 Å². The van der Waals surface area contributed by atoms with E-state index in [0.29, 0.717) is 38.2 Å². The smallest absolute Gasteiger partial charge is 0.253 e. The number of aromatic nitrogens is 3. The molecule has 0 unspecified atom stereocenters. The third kappa shape index (κ3) is 3.95. The molecule has 1 saturated heterocycles. The summed E-state index contributed by atoms with van der Waals surface area (Å²) in [4.78, 5) is 35.7. The van der Waals surface area contributed by atoms with Gasteiger partial charge < -0.3 is 9.80 Å². The van der Waals surface area contributed by atoms with Crippen LogP contribution >= 0.6 is 0 Å². The van der Waals surface area contributed by atoms with Gasteiger partial charge in [-0.05, 0) is 36.8 Å². The first kappa shape index (κ1) is 20.2. The average Bonchev–Trinajstić information content (AvgIpc) is 3.22. The summed E-state index contributed by atoms with van der Waals surface area (Å²) < 4.78 is 1.89.